The lowest BCUT2D eigenvalue weighted by Crippen LogP contribution is -2.52. The van der Waals surface area contributed by atoms with E-state index in [9.17, 15) is 19.2 Å². The number of carbonyl (C=O) groups excluding carboxylic acids is 4. The first kappa shape index (κ1) is 19.2. The lowest BCUT2D eigenvalue weighted by atomic mass is 9.77. The highest BCUT2D eigenvalue weighted by atomic mass is 35.5. The van der Waals surface area contributed by atoms with E-state index < -0.39 is 45.7 Å². The number of amides is 4. The van der Waals surface area contributed by atoms with Crippen molar-refractivity contribution >= 4 is 47.0 Å². The quantitative estimate of drug-likeness (QED) is 0.420. The van der Waals surface area contributed by atoms with Gasteiger partial charge in [-0.15, -0.1) is 23.2 Å². The van der Waals surface area contributed by atoms with Crippen LogP contribution in [0.2, 0.25) is 0 Å². The Hall–Kier alpha value is -1.54. The van der Waals surface area contributed by atoms with Crippen molar-refractivity contribution in [2.24, 2.45) is 11.3 Å². The van der Waals surface area contributed by atoms with Crippen LogP contribution in [0.25, 0.3) is 0 Å². The summed E-state index contributed by atoms with van der Waals surface area (Å²) in [5, 5.41) is 3.35. The largest absolute Gasteiger partial charge is 0.455 e. The van der Waals surface area contributed by atoms with Crippen LogP contribution in [0.5, 0.6) is 0 Å². The van der Waals surface area contributed by atoms with E-state index in [1.807, 2.05) is 0 Å². The Balaban J connectivity index is 1.54. The average Bonchev–Trinajstić information content (AvgIpc) is 3.02. The second-order valence-corrected chi connectivity index (χ2v) is 9.14. The molecule has 3 rings (SSSR count). The minimum Gasteiger partial charge on any atom is -0.455 e. The van der Waals surface area contributed by atoms with E-state index in [-0.39, 0.29) is 6.42 Å². The molecule has 8 nitrogen and oxygen atoms in total. The smallest absolute Gasteiger partial charge is 0.344 e. The number of hydrogen-bond donors (Lipinski definition) is 2. The number of hydrogen-bond acceptors (Lipinski definition) is 5. The molecule has 3 fully saturated rings. The first-order chi connectivity index (χ1) is 12.0. The zero-order valence-corrected chi connectivity index (χ0v) is 16.1. The number of halogens is 2. The number of nitrogens with zero attached hydrogens (tertiary/aromatic N) is 1. The van der Waals surface area contributed by atoms with Crippen LogP contribution in [0, 0.1) is 11.3 Å². The van der Waals surface area contributed by atoms with Gasteiger partial charge in [-0.3, -0.25) is 19.8 Å². The molecule has 0 aromatic carbocycles. The van der Waals surface area contributed by atoms with Crippen LogP contribution < -0.4 is 10.7 Å². The Morgan fingerprint density at radius 2 is 1.88 bits per heavy atom. The molecule has 0 radical (unpaired) electrons. The van der Waals surface area contributed by atoms with Gasteiger partial charge in [-0.2, -0.15) is 5.01 Å². The van der Waals surface area contributed by atoms with Gasteiger partial charge >= 0.3 is 12.0 Å². The van der Waals surface area contributed by atoms with Crippen LogP contribution in [-0.4, -0.2) is 45.3 Å². The zero-order valence-electron chi connectivity index (χ0n) is 14.6. The van der Waals surface area contributed by atoms with E-state index >= 15 is 0 Å². The Bertz CT molecular complexity index is 675. The fourth-order valence-electron chi connectivity index (χ4n) is 3.38. The monoisotopic (exact) mass is 405 g/mol. The minimum absolute atomic E-state index is 0.234. The van der Waals surface area contributed by atoms with Crippen molar-refractivity contribution in [1.82, 2.24) is 15.8 Å². The molecule has 1 unspecified atom stereocenters. The lowest BCUT2D eigenvalue weighted by Gasteiger charge is -2.33. The molecule has 1 atom stereocenters. The Morgan fingerprint density at radius 3 is 2.42 bits per heavy atom. The van der Waals surface area contributed by atoms with Gasteiger partial charge < -0.3 is 10.1 Å². The van der Waals surface area contributed by atoms with E-state index in [1.54, 1.807) is 6.92 Å². The summed E-state index contributed by atoms with van der Waals surface area (Å²) >= 11 is 11.8. The number of carbonyl (C=O) groups is 4. The standard InChI is InChI=1S/C16H21Cl2N3O5/c1-9-3-5-15(6-4-9)11(23)21(13(25)19-15)20-10(22)7-26-12(24)14(2)8-16(14,17)18/h9H,3-8H2,1-2H3,(H,19,25)(H,20,22). The van der Waals surface area contributed by atoms with E-state index in [0.29, 0.717) is 23.8 Å². The number of rotatable bonds is 4. The third kappa shape index (κ3) is 3.13. The van der Waals surface area contributed by atoms with Crippen LogP contribution >= 0.6 is 23.2 Å². The predicted octanol–water partition coefficient (Wildman–Crippen LogP) is 1.65. The molecular weight excluding hydrogens is 385 g/mol. The Kier molecular flexibility index (Phi) is 4.63. The molecule has 0 bridgehead atoms. The normalized spacial score (nSPS) is 35.2. The number of urea groups is 1. The van der Waals surface area contributed by atoms with Gasteiger partial charge in [0.1, 0.15) is 15.3 Å². The highest BCUT2D eigenvalue weighted by Gasteiger charge is 2.69. The van der Waals surface area contributed by atoms with Crippen LogP contribution in [0.15, 0.2) is 0 Å². The molecule has 1 saturated heterocycles. The fraction of sp³-hybridized carbons (Fsp3) is 0.750. The molecule has 4 amide bonds. The summed E-state index contributed by atoms with van der Waals surface area (Å²) in [5.74, 6) is -1.48. The first-order valence-corrected chi connectivity index (χ1v) is 9.28. The van der Waals surface area contributed by atoms with Gasteiger partial charge in [-0.1, -0.05) is 6.92 Å². The van der Waals surface area contributed by atoms with Crippen molar-refractivity contribution in [3.63, 3.8) is 0 Å². The summed E-state index contributed by atoms with van der Waals surface area (Å²) in [7, 11) is 0. The number of imide groups is 1. The van der Waals surface area contributed by atoms with E-state index in [4.69, 9.17) is 27.9 Å². The van der Waals surface area contributed by atoms with E-state index in [2.05, 4.69) is 17.7 Å². The van der Waals surface area contributed by atoms with Crippen molar-refractivity contribution in [2.75, 3.05) is 6.61 Å². The maximum atomic E-state index is 12.6. The SMILES string of the molecule is CC1CCC2(CC1)NC(=O)N(NC(=O)COC(=O)C1(C)CC1(Cl)Cl)C2=O. The van der Waals surface area contributed by atoms with Gasteiger partial charge in [0.25, 0.3) is 11.8 Å². The van der Waals surface area contributed by atoms with E-state index in [1.165, 1.54) is 0 Å². The molecule has 3 aliphatic rings. The maximum absolute atomic E-state index is 12.6. The summed E-state index contributed by atoms with van der Waals surface area (Å²) in [5.41, 5.74) is 0.191. The lowest BCUT2D eigenvalue weighted by molar-refractivity contribution is -0.155. The highest BCUT2D eigenvalue weighted by molar-refractivity contribution is 6.53. The van der Waals surface area contributed by atoms with Crippen LogP contribution in [0.3, 0.4) is 0 Å². The van der Waals surface area contributed by atoms with Crippen molar-refractivity contribution in [2.45, 2.75) is 55.8 Å². The summed E-state index contributed by atoms with van der Waals surface area (Å²) < 4.78 is 3.71. The molecule has 0 aromatic rings. The number of ether oxygens (including phenoxy) is 1. The van der Waals surface area contributed by atoms with Gasteiger partial charge in [0, 0.05) is 6.42 Å². The van der Waals surface area contributed by atoms with Gasteiger partial charge in [0.15, 0.2) is 6.61 Å². The number of hydrazine groups is 1. The molecule has 1 spiro atoms. The molecule has 10 heteroatoms. The second-order valence-electron chi connectivity index (χ2n) is 7.66. The predicted molar refractivity (Wildman–Crippen MR) is 92.0 cm³/mol. The molecule has 0 aromatic heterocycles. The van der Waals surface area contributed by atoms with Gasteiger partial charge in [-0.25, -0.2) is 4.79 Å². The molecule has 1 heterocycles. The molecule has 144 valence electrons. The molecular formula is C16H21Cl2N3O5. The maximum Gasteiger partial charge on any atom is 0.344 e. The molecule has 1 aliphatic heterocycles. The zero-order chi connectivity index (χ0) is 19.3. The molecule has 26 heavy (non-hydrogen) atoms. The Morgan fingerprint density at radius 1 is 1.31 bits per heavy atom. The van der Waals surface area contributed by atoms with Crippen LogP contribution in [0.4, 0.5) is 4.79 Å². The number of nitrogens with one attached hydrogen (secondary N) is 2. The third-order valence-corrected chi connectivity index (χ3v) is 6.67. The second kappa shape index (κ2) is 6.27. The first-order valence-electron chi connectivity index (χ1n) is 8.52. The fourth-order valence-corrected chi connectivity index (χ4v) is 4.07. The topological polar surface area (TPSA) is 105 Å². The molecule has 2 N–H and O–H groups in total. The summed E-state index contributed by atoms with van der Waals surface area (Å²) in [6.07, 6.45) is 2.95. The highest BCUT2D eigenvalue weighted by Crippen LogP contribution is 2.64. The Labute approximate surface area is 160 Å². The summed E-state index contributed by atoms with van der Waals surface area (Å²) in [4.78, 5) is 48.7. The van der Waals surface area contributed by atoms with Crippen LogP contribution in [-0.2, 0) is 19.1 Å². The van der Waals surface area contributed by atoms with Gasteiger partial charge in [0.05, 0.1) is 0 Å². The number of alkyl halides is 2. The summed E-state index contributed by atoms with van der Waals surface area (Å²) in [6.45, 7) is 3.00. The molecule has 2 aliphatic carbocycles. The van der Waals surface area contributed by atoms with Crippen molar-refractivity contribution in [3.05, 3.63) is 0 Å². The molecule has 2 saturated carbocycles. The minimum atomic E-state index is -1.20. The van der Waals surface area contributed by atoms with Crippen molar-refractivity contribution < 1.29 is 23.9 Å². The van der Waals surface area contributed by atoms with Gasteiger partial charge in [-0.05, 0) is 38.5 Å². The van der Waals surface area contributed by atoms with E-state index in [0.717, 1.165) is 12.8 Å². The third-order valence-electron chi connectivity index (χ3n) is 5.57. The summed E-state index contributed by atoms with van der Waals surface area (Å²) in [6, 6.07) is -0.682. The van der Waals surface area contributed by atoms with Crippen molar-refractivity contribution in [3.8, 4) is 0 Å². The number of esters is 1. The van der Waals surface area contributed by atoms with Crippen LogP contribution in [0.1, 0.15) is 46.0 Å². The van der Waals surface area contributed by atoms with Crippen molar-refractivity contribution in [1.29, 1.82) is 0 Å². The average molecular weight is 406 g/mol. The van der Waals surface area contributed by atoms with Gasteiger partial charge in [0.2, 0.25) is 0 Å².